The summed E-state index contributed by atoms with van der Waals surface area (Å²) in [6.45, 7) is 0.981. The van der Waals surface area contributed by atoms with Crippen LogP contribution in [0.5, 0.6) is 5.75 Å². The van der Waals surface area contributed by atoms with Gasteiger partial charge in [0.2, 0.25) is 12.3 Å². The molecule has 4 N–H and O–H groups in total. The second-order valence-electron chi connectivity index (χ2n) is 12.9. The van der Waals surface area contributed by atoms with Crippen LogP contribution < -0.4 is 10.6 Å². The van der Waals surface area contributed by atoms with Gasteiger partial charge in [0.05, 0.1) is 17.5 Å². The van der Waals surface area contributed by atoms with Crippen molar-refractivity contribution in [3.63, 3.8) is 0 Å². The number of rotatable bonds is 6. The van der Waals surface area contributed by atoms with Crippen molar-refractivity contribution in [2.45, 2.75) is 50.3 Å². The number of hydrogen-bond acceptors (Lipinski definition) is 10. The Morgan fingerprint density at radius 3 is 2.28 bits per heavy atom. The molecule has 11 nitrogen and oxygen atoms in total. The first-order valence-corrected chi connectivity index (χ1v) is 14.5. The van der Waals surface area contributed by atoms with E-state index in [-0.39, 0.29) is 30.7 Å². The lowest BCUT2D eigenvalue weighted by Gasteiger charge is -2.52. The van der Waals surface area contributed by atoms with Crippen molar-refractivity contribution in [3.8, 4) is 5.75 Å². The average Bonchev–Trinajstić information content (AvgIpc) is 2.92. The fourth-order valence-electron chi connectivity index (χ4n) is 7.83. The molecular weight excluding hydrogens is 566 g/mol. The predicted molar refractivity (Wildman–Crippen MR) is 150 cm³/mol. The van der Waals surface area contributed by atoms with Gasteiger partial charge in [-0.3, -0.25) is 33.8 Å². The monoisotopic (exact) mass is 604 g/mol. The summed E-state index contributed by atoms with van der Waals surface area (Å²) in [6.07, 6.45) is -1.66. The minimum atomic E-state index is -2.79. The number of piperidine rings is 1. The molecule has 2 unspecified atom stereocenters. The number of primary amides is 1. The van der Waals surface area contributed by atoms with Crippen molar-refractivity contribution in [1.29, 1.82) is 0 Å². The summed E-state index contributed by atoms with van der Waals surface area (Å²) < 4.78 is 26.3. The van der Waals surface area contributed by atoms with E-state index in [0.29, 0.717) is 42.7 Å². The molecule has 1 amide bonds. The zero-order valence-corrected chi connectivity index (χ0v) is 24.7. The molecular formula is C30H38F2N4O7. The van der Waals surface area contributed by atoms with E-state index >= 15 is 0 Å². The van der Waals surface area contributed by atoms with Crippen LogP contribution >= 0.6 is 0 Å². The molecule has 0 bridgehead atoms. The highest BCUT2D eigenvalue weighted by Crippen LogP contribution is 2.52. The predicted octanol–water partition coefficient (Wildman–Crippen LogP) is 0.410. The normalized spacial score (nSPS) is 31.7. The van der Waals surface area contributed by atoms with Gasteiger partial charge in [0.1, 0.15) is 5.75 Å². The molecule has 1 aliphatic heterocycles. The van der Waals surface area contributed by atoms with E-state index < -0.39 is 76.7 Å². The Kier molecular flexibility index (Phi) is 7.97. The number of alkyl halides is 2. The Morgan fingerprint density at radius 1 is 1.12 bits per heavy atom. The minimum Gasteiger partial charge on any atom is -0.507 e. The summed E-state index contributed by atoms with van der Waals surface area (Å²) in [4.78, 5) is 72.3. The number of likely N-dealkylation sites (tertiary alicyclic amines) is 1. The number of fused-ring (bicyclic) bond motifs is 3. The number of carbonyl (C=O) groups is 5. The molecule has 4 aliphatic rings. The van der Waals surface area contributed by atoms with Crippen molar-refractivity contribution in [1.82, 2.24) is 9.80 Å². The number of benzene rings is 1. The summed E-state index contributed by atoms with van der Waals surface area (Å²) in [7, 11) is 6.62. The lowest BCUT2D eigenvalue weighted by atomic mass is 9.52. The third kappa shape index (κ3) is 4.76. The van der Waals surface area contributed by atoms with Crippen LogP contribution in [0.4, 0.5) is 14.5 Å². The number of phenols is 1. The summed E-state index contributed by atoms with van der Waals surface area (Å²) >= 11 is 0. The maximum Gasteiger partial charge on any atom is 0.241 e. The Bertz CT molecular complexity index is 1390. The Morgan fingerprint density at radius 2 is 1.74 bits per heavy atom. The number of hydrogen-bond donors (Lipinski definition) is 3. The molecule has 6 atom stereocenters. The highest BCUT2D eigenvalue weighted by molar-refractivity contribution is 6.32. The molecule has 43 heavy (non-hydrogen) atoms. The first kappa shape index (κ1) is 31.1. The van der Waals surface area contributed by atoms with Crippen LogP contribution in [-0.4, -0.2) is 108 Å². The van der Waals surface area contributed by atoms with Gasteiger partial charge in [-0.15, -0.1) is 0 Å². The number of aliphatic hydroxyl groups is 1. The Balaban J connectivity index is 1.55. The molecule has 0 radical (unpaired) electrons. The number of nitrogens with two attached hydrogens (primary N) is 1. The largest absolute Gasteiger partial charge is 0.507 e. The molecule has 5 rings (SSSR count). The van der Waals surface area contributed by atoms with Gasteiger partial charge >= 0.3 is 0 Å². The van der Waals surface area contributed by atoms with Crippen molar-refractivity contribution in [2.75, 3.05) is 46.2 Å². The summed E-state index contributed by atoms with van der Waals surface area (Å²) in [5, 5.41) is 23.2. The van der Waals surface area contributed by atoms with E-state index in [4.69, 9.17) is 5.73 Å². The number of aromatic hydroxyl groups is 1. The number of carbonyl (C=O) groups excluding carboxylic acids is 5. The first-order chi connectivity index (χ1) is 20.1. The summed E-state index contributed by atoms with van der Waals surface area (Å²) in [5.74, 6) is -11.6. The van der Waals surface area contributed by atoms with Crippen LogP contribution in [0.1, 0.15) is 40.7 Å². The fourth-order valence-corrected chi connectivity index (χ4v) is 7.83. The molecule has 1 heterocycles. The van der Waals surface area contributed by atoms with Crippen molar-refractivity contribution in [2.24, 2.45) is 35.3 Å². The minimum absolute atomic E-state index is 0.0294. The zero-order valence-electron chi connectivity index (χ0n) is 24.7. The molecule has 1 aromatic rings. The smallest absolute Gasteiger partial charge is 0.241 e. The molecule has 1 saturated heterocycles. The number of halogens is 2. The maximum absolute atomic E-state index is 14.2. The third-order valence-electron chi connectivity index (χ3n) is 9.98. The van der Waals surface area contributed by atoms with Gasteiger partial charge in [0, 0.05) is 43.7 Å². The molecule has 0 aromatic heterocycles. The van der Waals surface area contributed by atoms with Gasteiger partial charge in [-0.1, -0.05) is 0 Å². The number of ketones is 4. The van der Waals surface area contributed by atoms with Crippen LogP contribution in [0.15, 0.2) is 6.07 Å². The summed E-state index contributed by atoms with van der Waals surface area (Å²) in [5.41, 5.74) is 4.05. The summed E-state index contributed by atoms with van der Waals surface area (Å²) in [6, 6.07) is 0.593. The van der Waals surface area contributed by atoms with Crippen molar-refractivity contribution in [3.05, 3.63) is 22.8 Å². The zero-order chi connectivity index (χ0) is 31.7. The maximum atomic E-state index is 14.2. The van der Waals surface area contributed by atoms with Crippen LogP contribution in [0.25, 0.3) is 0 Å². The topological polar surface area (TPSA) is 162 Å². The van der Waals surface area contributed by atoms with Gasteiger partial charge < -0.3 is 20.8 Å². The van der Waals surface area contributed by atoms with Crippen molar-refractivity contribution >= 4 is 34.7 Å². The van der Waals surface area contributed by atoms with E-state index in [2.05, 4.69) is 0 Å². The van der Waals surface area contributed by atoms with E-state index in [0.717, 1.165) is 0 Å². The van der Waals surface area contributed by atoms with E-state index in [1.165, 1.54) is 19.0 Å². The number of nitrogens with zero attached hydrogens (tertiary/aromatic N) is 3. The molecule has 234 valence electrons. The standard InChI is InChI=1S/C30H38F2N4O7/c1-34(2)18-11-15(12-36-7-5-13(6-8-36)28(31)32)23(37)20-16(18)9-14-10-17-22(35(3)4)25(39)21(29(33)42)27(41)30(17,43)26(40)19(14)24(20)38/h11,13-14,17,19,21-22,28,37,43H,5-10,12H2,1-4H3,(H2,33,42)/t14-,17-,19?,21?,22+,30-/m0/s1. The molecule has 1 aromatic carbocycles. The molecule has 0 spiro atoms. The second kappa shape index (κ2) is 11.0. The molecule has 3 fully saturated rings. The Hall–Kier alpha value is -3.29. The van der Waals surface area contributed by atoms with Crippen LogP contribution in [0, 0.1) is 29.6 Å². The second-order valence-corrected chi connectivity index (χ2v) is 12.9. The highest BCUT2D eigenvalue weighted by atomic mass is 19.3. The Labute approximate surface area is 248 Å². The van der Waals surface area contributed by atoms with Gasteiger partial charge in [-0.05, 0) is 70.4 Å². The number of likely N-dealkylation sites (N-methyl/N-ethyl adjacent to an activating group) is 1. The van der Waals surface area contributed by atoms with E-state index in [9.17, 15) is 43.0 Å². The van der Waals surface area contributed by atoms with Crippen LogP contribution in [0.3, 0.4) is 0 Å². The van der Waals surface area contributed by atoms with E-state index in [1.54, 1.807) is 25.1 Å². The van der Waals surface area contributed by atoms with Crippen LogP contribution in [-0.2, 0) is 32.1 Å². The SMILES string of the molecule is CN(C)c1cc(CN2CCC(C(F)F)CC2)c(O)c2c1C[C@H]1C[C@H]3[C@@H](N(C)C)C(=O)C(C(N)=O)C(=O)[C@@]3(O)C(=O)C1C2=O. The van der Waals surface area contributed by atoms with Crippen LogP contribution in [0.2, 0.25) is 0 Å². The number of anilines is 1. The third-order valence-corrected chi connectivity index (χ3v) is 9.98. The number of phenolic OH excluding ortho intramolecular Hbond substituents is 1. The van der Waals surface area contributed by atoms with Crippen molar-refractivity contribution < 1.29 is 43.0 Å². The van der Waals surface area contributed by atoms with Gasteiger partial charge in [-0.2, -0.15) is 0 Å². The molecule has 3 aliphatic carbocycles. The molecule has 2 saturated carbocycles. The highest BCUT2D eigenvalue weighted by Gasteiger charge is 2.69. The number of Topliss-reactive ketones (excluding diaryl/α,β-unsaturated/α-hetero) is 4. The fraction of sp³-hybridized carbons (Fsp3) is 0.633. The lowest BCUT2D eigenvalue weighted by molar-refractivity contribution is -0.181. The molecule has 13 heteroatoms. The van der Waals surface area contributed by atoms with Gasteiger partial charge in [0.15, 0.2) is 34.7 Å². The number of amides is 1. The quantitative estimate of drug-likeness (QED) is 0.388. The lowest BCUT2D eigenvalue weighted by Crippen LogP contribution is -2.74. The van der Waals surface area contributed by atoms with Gasteiger partial charge in [-0.25, -0.2) is 8.78 Å². The average molecular weight is 605 g/mol. The van der Waals surface area contributed by atoms with E-state index in [1.807, 2.05) is 4.90 Å². The van der Waals surface area contributed by atoms with Gasteiger partial charge in [0.25, 0.3) is 0 Å². The first-order valence-electron chi connectivity index (χ1n) is 14.5.